The summed E-state index contributed by atoms with van der Waals surface area (Å²) in [6, 6.07) is 2.54. The van der Waals surface area contributed by atoms with E-state index in [9.17, 15) is 0 Å². The molecular weight excluding hydrogens is 290 g/mol. The van der Waals surface area contributed by atoms with E-state index in [0.29, 0.717) is 12.0 Å². The van der Waals surface area contributed by atoms with Gasteiger partial charge in [-0.05, 0) is 34.7 Å². The van der Waals surface area contributed by atoms with E-state index >= 15 is 0 Å². The van der Waals surface area contributed by atoms with Gasteiger partial charge < -0.3 is 5.32 Å². The average Bonchev–Trinajstić information content (AvgIpc) is 2.28. The lowest BCUT2D eigenvalue weighted by Crippen LogP contribution is -2.26. The summed E-state index contributed by atoms with van der Waals surface area (Å²) >= 11 is 3.47. The third kappa shape index (κ3) is 3.67. The molecule has 1 fully saturated rings. The van der Waals surface area contributed by atoms with Crippen LogP contribution in [-0.4, -0.2) is 16.0 Å². The molecule has 0 bridgehead atoms. The summed E-state index contributed by atoms with van der Waals surface area (Å²) in [6.45, 7) is 6.58. The summed E-state index contributed by atoms with van der Waals surface area (Å²) in [6.07, 6.45) is 5.19. The van der Waals surface area contributed by atoms with Gasteiger partial charge in [-0.3, -0.25) is 0 Å². The Bertz CT molecular complexity index is 406. The molecule has 0 saturated heterocycles. The van der Waals surface area contributed by atoms with Gasteiger partial charge in [0, 0.05) is 18.0 Å². The molecule has 1 heterocycles. The molecule has 1 aliphatic carbocycles. The second kappa shape index (κ2) is 6.00. The molecule has 3 nitrogen and oxygen atoms in total. The number of anilines is 1. The summed E-state index contributed by atoms with van der Waals surface area (Å²) in [7, 11) is 0. The van der Waals surface area contributed by atoms with Crippen LogP contribution < -0.4 is 5.32 Å². The lowest BCUT2D eigenvalue weighted by molar-refractivity contribution is 0.358. The Hall–Kier alpha value is -0.640. The highest BCUT2D eigenvalue weighted by Gasteiger charge is 2.19. The van der Waals surface area contributed by atoms with E-state index in [1.165, 1.54) is 25.7 Å². The molecule has 1 aromatic rings. The summed E-state index contributed by atoms with van der Waals surface area (Å²) in [5.41, 5.74) is 0. The molecule has 100 valence electrons. The lowest BCUT2D eigenvalue weighted by Gasteiger charge is -2.28. The maximum Gasteiger partial charge on any atom is 0.134 e. The van der Waals surface area contributed by atoms with Crippen LogP contribution in [0, 0.1) is 5.92 Å². The first kappa shape index (κ1) is 13.8. The minimum atomic E-state index is 0.355. The van der Waals surface area contributed by atoms with Crippen LogP contribution in [0.2, 0.25) is 0 Å². The second-order valence-electron chi connectivity index (χ2n) is 5.70. The van der Waals surface area contributed by atoms with Gasteiger partial charge in [0.25, 0.3) is 0 Å². The fourth-order valence-electron chi connectivity index (χ4n) is 2.54. The predicted molar refractivity (Wildman–Crippen MR) is 78.9 cm³/mol. The molecule has 1 aromatic heterocycles. The Balaban J connectivity index is 2.08. The van der Waals surface area contributed by atoms with Crippen LogP contribution >= 0.6 is 15.9 Å². The number of aromatic nitrogens is 2. The smallest absolute Gasteiger partial charge is 0.134 e. The molecule has 1 aliphatic rings. The fraction of sp³-hybridized carbons (Fsp3) is 0.714. The molecule has 0 spiro atoms. The van der Waals surface area contributed by atoms with Gasteiger partial charge in [-0.15, -0.1) is 0 Å². The molecule has 18 heavy (non-hydrogen) atoms. The van der Waals surface area contributed by atoms with Crippen molar-refractivity contribution in [2.75, 3.05) is 5.32 Å². The summed E-state index contributed by atoms with van der Waals surface area (Å²) in [5, 5.41) is 3.57. The third-order valence-electron chi connectivity index (χ3n) is 3.52. The molecule has 2 rings (SSSR count). The average molecular weight is 312 g/mol. The van der Waals surface area contributed by atoms with Gasteiger partial charge in [0.15, 0.2) is 0 Å². The number of rotatable bonds is 3. The normalized spacial score (nSPS) is 24.3. The van der Waals surface area contributed by atoms with Crippen molar-refractivity contribution in [2.45, 2.75) is 58.4 Å². The summed E-state index contributed by atoms with van der Waals surface area (Å²) < 4.78 is 0.868. The Labute approximate surface area is 118 Å². The molecule has 0 amide bonds. The van der Waals surface area contributed by atoms with E-state index in [-0.39, 0.29) is 0 Å². The second-order valence-corrected chi connectivity index (χ2v) is 6.51. The first-order chi connectivity index (χ1) is 8.54. The number of nitrogens with zero attached hydrogens (tertiary/aromatic N) is 2. The quantitative estimate of drug-likeness (QED) is 0.843. The van der Waals surface area contributed by atoms with Crippen LogP contribution in [0.5, 0.6) is 0 Å². The first-order valence-electron chi connectivity index (χ1n) is 6.85. The number of hydrogen-bond acceptors (Lipinski definition) is 3. The Morgan fingerprint density at radius 1 is 1.33 bits per heavy atom. The molecule has 0 aromatic carbocycles. The van der Waals surface area contributed by atoms with Gasteiger partial charge in [-0.25, -0.2) is 9.97 Å². The molecular formula is C14H22BrN3. The van der Waals surface area contributed by atoms with Crippen LogP contribution in [0.15, 0.2) is 10.7 Å². The lowest BCUT2D eigenvalue weighted by atomic mass is 9.87. The maximum atomic E-state index is 4.60. The van der Waals surface area contributed by atoms with Crippen LogP contribution in [0.3, 0.4) is 0 Å². The largest absolute Gasteiger partial charge is 0.367 e. The highest BCUT2D eigenvalue weighted by atomic mass is 79.9. The van der Waals surface area contributed by atoms with Crippen LogP contribution in [0.4, 0.5) is 5.82 Å². The number of hydrogen-bond donors (Lipinski definition) is 1. The van der Waals surface area contributed by atoms with Crippen molar-refractivity contribution >= 4 is 21.7 Å². The zero-order valence-electron chi connectivity index (χ0n) is 11.4. The third-order valence-corrected chi connectivity index (χ3v) is 3.92. The molecule has 2 unspecified atom stereocenters. The van der Waals surface area contributed by atoms with Gasteiger partial charge >= 0.3 is 0 Å². The maximum absolute atomic E-state index is 4.60. The zero-order chi connectivity index (χ0) is 13.1. The van der Waals surface area contributed by atoms with Gasteiger partial charge in [0.1, 0.15) is 16.2 Å². The molecule has 4 heteroatoms. The van der Waals surface area contributed by atoms with Gasteiger partial charge in [-0.2, -0.15) is 0 Å². The van der Waals surface area contributed by atoms with E-state index in [2.05, 4.69) is 52.0 Å². The van der Waals surface area contributed by atoms with Crippen molar-refractivity contribution in [3.8, 4) is 0 Å². The monoisotopic (exact) mass is 311 g/mol. The standard InChI is InChI=1S/C14H22BrN3/c1-9(2)14-17-12(15)8-13(18-14)16-11-6-4-5-10(3)7-11/h8-11H,4-7H2,1-3H3,(H,16,17,18). The highest BCUT2D eigenvalue weighted by Crippen LogP contribution is 2.26. The van der Waals surface area contributed by atoms with Crippen molar-refractivity contribution in [3.05, 3.63) is 16.5 Å². The van der Waals surface area contributed by atoms with Crippen LogP contribution in [-0.2, 0) is 0 Å². The van der Waals surface area contributed by atoms with Crippen molar-refractivity contribution in [1.82, 2.24) is 9.97 Å². The summed E-state index contributed by atoms with van der Waals surface area (Å²) in [5.74, 6) is 3.04. The van der Waals surface area contributed by atoms with E-state index in [4.69, 9.17) is 0 Å². The zero-order valence-corrected chi connectivity index (χ0v) is 13.0. The van der Waals surface area contributed by atoms with E-state index in [0.717, 1.165) is 22.2 Å². The Morgan fingerprint density at radius 3 is 2.78 bits per heavy atom. The van der Waals surface area contributed by atoms with E-state index in [1.807, 2.05) is 6.07 Å². The summed E-state index contributed by atoms with van der Waals surface area (Å²) in [4.78, 5) is 9.01. The first-order valence-corrected chi connectivity index (χ1v) is 7.65. The van der Waals surface area contributed by atoms with Crippen molar-refractivity contribution in [3.63, 3.8) is 0 Å². The molecule has 1 N–H and O–H groups in total. The molecule has 2 atom stereocenters. The Kier molecular flexibility index (Phi) is 4.60. The van der Waals surface area contributed by atoms with Crippen molar-refractivity contribution < 1.29 is 0 Å². The number of nitrogens with one attached hydrogen (secondary N) is 1. The predicted octanol–water partition coefficient (Wildman–Crippen LogP) is 4.35. The topological polar surface area (TPSA) is 37.8 Å². The molecule has 0 radical (unpaired) electrons. The minimum Gasteiger partial charge on any atom is -0.367 e. The molecule has 1 saturated carbocycles. The minimum absolute atomic E-state index is 0.355. The molecule has 0 aliphatic heterocycles. The van der Waals surface area contributed by atoms with Gasteiger partial charge in [0.2, 0.25) is 0 Å². The number of halogens is 1. The fourth-order valence-corrected chi connectivity index (χ4v) is 2.94. The van der Waals surface area contributed by atoms with E-state index in [1.54, 1.807) is 0 Å². The van der Waals surface area contributed by atoms with Gasteiger partial charge in [-0.1, -0.05) is 33.6 Å². The van der Waals surface area contributed by atoms with Gasteiger partial charge in [0.05, 0.1) is 0 Å². The SMILES string of the molecule is CC1CCCC(Nc2cc(Br)nc(C(C)C)n2)C1. The van der Waals surface area contributed by atoms with Crippen LogP contribution in [0.1, 0.15) is 58.2 Å². The van der Waals surface area contributed by atoms with Crippen molar-refractivity contribution in [1.29, 1.82) is 0 Å². The van der Waals surface area contributed by atoms with Crippen molar-refractivity contribution in [2.24, 2.45) is 5.92 Å². The van der Waals surface area contributed by atoms with E-state index < -0.39 is 0 Å². The van der Waals surface area contributed by atoms with Crippen LogP contribution in [0.25, 0.3) is 0 Å². The Morgan fingerprint density at radius 2 is 2.11 bits per heavy atom. The highest BCUT2D eigenvalue weighted by molar-refractivity contribution is 9.10.